The number of aromatic nitrogens is 2. The van der Waals surface area contributed by atoms with E-state index >= 15 is 0 Å². The lowest BCUT2D eigenvalue weighted by Crippen LogP contribution is -2.27. The van der Waals surface area contributed by atoms with Crippen molar-refractivity contribution < 1.29 is 9.59 Å². The normalized spacial score (nSPS) is 19.4. The van der Waals surface area contributed by atoms with Gasteiger partial charge in [0.2, 0.25) is 5.91 Å². The number of likely N-dealkylation sites (N-methyl/N-ethyl adjacent to an activating group) is 1. The van der Waals surface area contributed by atoms with Crippen LogP contribution >= 0.6 is 11.6 Å². The molecule has 1 aliphatic rings. The van der Waals surface area contributed by atoms with E-state index in [1.54, 1.807) is 0 Å². The molecular weight excluding hydrogens is 278 g/mol. The Kier molecular flexibility index (Phi) is 3.01. The van der Waals surface area contributed by atoms with Crippen molar-refractivity contribution in [3.8, 4) is 0 Å². The van der Waals surface area contributed by atoms with Crippen molar-refractivity contribution in [3.63, 3.8) is 0 Å². The molecule has 1 fully saturated rings. The molecule has 0 aliphatic carbocycles. The molecule has 0 radical (unpaired) electrons. The largest absolute Gasteiger partial charge is 0.314 e. The summed E-state index contributed by atoms with van der Waals surface area (Å²) in [5.74, 6) is 0.452. The number of imide groups is 1. The van der Waals surface area contributed by atoms with Crippen molar-refractivity contribution in [3.05, 3.63) is 29.6 Å². The highest BCUT2D eigenvalue weighted by molar-refractivity contribution is 6.17. The minimum atomic E-state index is -0.535. The summed E-state index contributed by atoms with van der Waals surface area (Å²) in [6.07, 6.45) is 0.166. The number of nitrogens with zero attached hydrogens (tertiary/aromatic N) is 3. The van der Waals surface area contributed by atoms with Gasteiger partial charge in [-0.2, -0.15) is 0 Å². The Bertz CT molecular complexity index is 723. The van der Waals surface area contributed by atoms with Crippen LogP contribution in [-0.2, 0) is 15.5 Å². The number of aryl methyl sites for hydroxylation is 1. The summed E-state index contributed by atoms with van der Waals surface area (Å²) in [6, 6.07) is 5.23. The molecule has 104 valence electrons. The zero-order valence-electron chi connectivity index (χ0n) is 11.3. The van der Waals surface area contributed by atoms with Crippen LogP contribution in [0.25, 0.3) is 11.0 Å². The third-order valence-corrected chi connectivity index (χ3v) is 4.01. The van der Waals surface area contributed by atoms with Crippen LogP contribution in [0.4, 0.5) is 0 Å². The van der Waals surface area contributed by atoms with E-state index in [1.165, 1.54) is 11.9 Å². The maximum Gasteiger partial charge on any atom is 0.252 e. The van der Waals surface area contributed by atoms with Crippen molar-refractivity contribution in [2.75, 3.05) is 7.05 Å². The molecule has 1 unspecified atom stereocenters. The number of carbonyl (C=O) groups excluding carboxylic acids is 2. The van der Waals surface area contributed by atoms with E-state index in [0.29, 0.717) is 5.82 Å². The van der Waals surface area contributed by atoms with Crippen LogP contribution < -0.4 is 0 Å². The predicted octanol–water partition coefficient (Wildman–Crippen LogP) is 2.01. The van der Waals surface area contributed by atoms with Gasteiger partial charge < -0.3 is 4.57 Å². The molecule has 2 amide bonds. The molecule has 1 aliphatic heterocycles. The Morgan fingerprint density at radius 2 is 2.15 bits per heavy atom. The monoisotopic (exact) mass is 291 g/mol. The second kappa shape index (κ2) is 4.59. The zero-order chi connectivity index (χ0) is 14.4. The van der Waals surface area contributed by atoms with Gasteiger partial charge in [0.05, 0.1) is 23.3 Å². The second-order valence-corrected chi connectivity index (χ2v) is 5.25. The van der Waals surface area contributed by atoms with Crippen LogP contribution in [0, 0.1) is 6.92 Å². The summed E-state index contributed by atoms with van der Waals surface area (Å²) in [7, 11) is 1.51. The van der Waals surface area contributed by atoms with Crippen molar-refractivity contribution >= 4 is 34.4 Å². The van der Waals surface area contributed by atoms with Crippen LogP contribution in [0.1, 0.15) is 23.9 Å². The molecule has 2 aromatic rings. The van der Waals surface area contributed by atoms with Gasteiger partial charge in [-0.1, -0.05) is 12.1 Å². The number of rotatable bonds is 2. The molecule has 5 nitrogen and oxygen atoms in total. The van der Waals surface area contributed by atoms with E-state index in [-0.39, 0.29) is 24.1 Å². The van der Waals surface area contributed by atoms with Gasteiger partial charge in [0.1, 0.15) is 11.9 Å². The lowest BCUT2D eigenvalue weighted by Gasteiger charge is -2.15. The Labute approximate surface area is 121 Å². The second-order valence-electron chi connectivity index (χ2n) is 4.99. The fourth-order valence-electron chi connectivity index (χ4n) is 2.74. The third kappa shape index (κ3) is 1.73. The third-order valence-electron chi connectivity index (χ3n) is 3.77. The number of carbonyl (C=O) groups is 2. The number of halogens is 1. The van der Waals surface area contributed by atoms with Crippen molar-refractivity contribution in [2.45, 2.75) is 25.3 Å². The van der Waals surface area contributed by atoms with E-state index in [4.69, 9.17) is 11.6 Å². The molecule has 1 saturated heterocycles. The predicted molar refractivity (Wildman–Crippen MR) is 75.5 cm³/mol. The molecule has 2 heterocycles. The highest BCUT2D eigenvalue weighted by Crippen LogP contribution is 2.31. The van der Waals surface area contributed by atoms with Gasteiger partial charge in [0.15, 0.2) is 0 Å². The summed E-state index contributed by atoms with van der Waals surface area (Å²) in [4.78, 5) is 29.6. The highest BCUT2D eigenvalue weighted by atomic mass is 35.5. The summed E-state index contributed by atoms with van der Waals surface area (Å²) < 4.78 is 1.82. The van der Waals surface area contributed by atoms with Crippen LogP contribution in [0.2, 0.25) is 0 Å². The first-order chi connectivity index (χ1) is 9.54. The van der Waals surface area contributed by atoms with E-state index in [1.807, 2.05) is 29.7 Å². The molecule has 1 aromatic carbocycles. The van der Waals surface area contributed by atoms with Gasteiger partial charge in [0, 0.05) is 7.05 Å². The van der Waals surface area contributed by atoms with Gasteiger partial charge in [-0.3, -0.25) is 14.5 Å². The van der Waals surface area contributed by atoms with Crippen molar-refractivity contribution in [2.24, 2.45) is 0 Å². The average molecular weight is 292 g/mol. The van der Waals surface area contributed by atoms with E-state index < -0.39 is 6.04 Å². The number of likely N-dealkylation sites (tertiary alicyclic amines) is 1. The number of imidazole rings is 1. The Morgan fingerprint density at radius 3 is 2.75 bits per heavy atom. The highest BCUT2D eigenvalue weighted by Gasteiger charge is 2.39. The lowest BCUT2D eigenvalue weighted by atomic mass is 10.1. The lowest BCUT2D eigenvalue weighted by molar-refractivity contribution is -0.137. The molecule has 6 heteroatoms. The van der Waals surface area contributed by atoms with Gasteiger partial charge in [-0.25, -0.2) is 4.98 Å². The number of hydrogen-bond donors (Lipinski definition) is 0. The van der Waals surface area contributed by atoms with Gasteiger partial charge in [-0.15, -0.1) is 11.6 Å². The fourth-order valence-corrected chi connectivity index (χ4v) is 2.93. The topological polar surface area (TPSA) is 55.2 Å². The molecule has 20 heavy (non-hydrogen) atoms. The molecule has 0 bridgehead atoms. The Balaban J connectivity index is 2.25. The number of para-hydroxylation sites is 1. The van der Waals surface area contributed by atoms with Crippen LogP contribution in [0.3, 0.4) is 0 Å². The van der Waals surface area contributed by atoms with Crippen molar-refractivity contribution in [1.29, 1.82) is 0 Å². The van der Waals surface area contributed by atoms with E-state index in [0.717, 1.165) is 16.6 Å². The van der Waals surface area contributed by atoms with Crippen LogP contribution in [-0.4, -0.2) is 33.3 Å². The fraction of sp³-hybridized carbons (Fsp3) is 0.357. The first-order valence-corrected chi connectivity index (χ1v) is 6.91. The van der Waals surface area contributed by atoms with E-state index in [9.17, 15) is 9.59 Å². The minimum Gasteiger partial charge on any atom is -0.314 e. The first-order valence-electron chi connectivity index (χ1n) is 6.37. The van der Waals surface area contributed by atoms with Crippen molar-refractivity contribution in [1.82, 2.24) is 14.5 Å². The van der Waals surface area contributed by atoms with E-state index in [2.05, 4.69) is 4.98 Å². The number of fused-ring (bicyclic) bond motifs is 1. The molecule has 0 N–H and O–H groups in total. The molecule has 0 spiro atoms. The number of amides is 2. The maximum atomic E-state index is 12.3. The minimum absolute atomic E-state index is 0.166. The molecule has 1 atom stereocenters. The first kappa shape index (κ1) is 13.1. The van der Waals surface area contributed by atoms with Gasteiger partial charge >= 0.3 is 0 Å². The molecule has 3 rings (SSSR count). The maximum absolute atomic E-state index is 12.3. The smallest absolute Gasteiger partial charge is 0.252 e. The summed E-state index contributed by atoms with van der Waals surface area (Å²) in [6.45, 7) is 1.96. The van der Waals surface area contributed by atoms with Crippen LogP contribution in [0.15, 0.2) is 18.2 Å². The number of benzene rings is 1. The molecular formula is C14H14ClN3O2. The Hall–Kier alpha value is -1.88. The molecule has 1 aromatic heterocycles. The quantitative estimate of drug-likeness (QED) is 0.628. The van der Waals surface area contributed by atoms with Gasteiger partial charge in [-0.05, 0) is 18.6 Å². The SMILES string of the molecule is Cc1cccc2nc(CCl)n(C3CC(=O)N(C)C3=O)c12. The number of hydrogen-bond acceptors (Lipinski definition) is 3. The number of alkyl halides is 1. The van der Waals surface area contributed by atoms with Gasteiger partial charge in [0.25, 0.3) is 5.91 Å². The zero-order valence-corrected chi connectivity index (χ0v) is 12.0. The average Bonchev–Trinajstić information content (AvgIpc) is 2.92. The summed E-state index contributed by atoms with van der Waals surface area (Å²) >= 11 is 5.96. The Morgan fingerprint density at radius 1 is 1.40 bits per heavy atom. The molecule has 0 saturated carbocycles. The summed E-state index contributed by atoms with van der Waals surface area (Å²) in [5, 5.41) is 0. The standard InChI is InChI=1S/C14H14ClN3O2/c1-8-4-3-5-9-13(8)18(11(7-15)16-9)10-6-12(19)17(2)14(10)20/h3-5,10H,6-7H2,1-2H3. The summed E-state index contributed by atoms with van der Waals surface area (Å²) in [5.41, 5.74) is 2.70. The van der Waals surface area contributed by atoms with Crippen LogP contribution in [0.5, 0.6) is 0 Å².